The lowest BCUT2D eigenvalue weighted by atomic mass is 9.85. The van der Waals surface area contributed by atoms with Crippen LogP contribution in [-0.2, 0) is 17.6 Å². The Kier molecular flexibility index (Phi) is 6.58. The summed E-state index contributed by atoms with van der Waals surface area (Å²) in [6.45, 7) is 2.19. The van der Waals surface area contributed by atoms with E-state index in [1.165, 1.54) is 18.4 Å². The van der Waals surface area contributed by atoms with Crippen LogP contribution in [0.3, 0.4) is 0 Å². The number of ether oxygens (including phenoxy) is 1. The molecule has 0 saturated heterocycles. The van der Waals surface area contributed by atoms with Crippen LogP contribution in [0.25, 0.3) is 22.2 Å². The SMILES string of the molecule is CCC1CCc2c(sc(NC(=O)c3cc(-c4ccccc4)nc4ccc(Cl)cc34)c2C(=O)OC)C1. The van der Waals surface area contributed by atoms with E-state index in [1.807, 2.05) is 36.4 Å². The zero-order chi connectivity index (χ0) is 24.5. The number of hydrogen-bond donors (Lipinski definition) is 1. The highest BCUT2D eigenvalue weighted by Gasteiger charge is 2.30. The van der Waals surface area contributed by atoms with Crippen LogP contribution in [0, 0.1) is 5.92 Å². The molecule has 2 heterocycles. The fraction of sp³-hybridized carbons (Fsp3) is 0.250. The third kappa shape index (κ3) is 4.56. The number of fused-ring (bicyclic) bond motifs is 2. The number of thiophene rings is 1. The molecule has 35 heavy (non-hydrogen) atoms. The second-order valence-electron chi connectivity index (χ2n) is 8.75. The molecule has 1 atom stereocenters. The van der Waals surface area contributed by atoms with E-state index in [-0.39, 0.29) is 5.91 Å². The van der Waals surface area contributed by atoms with Crippen molar-refractivity contribution in [3.05, 3.63) is 81.2 Å². The zero-order valence-corrected chi connectivity index (χ0v) is 21.1. The standard InChI is InChI=1S/C28H25ClN2O3S/c1-3-16-9-11-19-24(13-16)35-27(25(19)28(33)34-2)31-26(32)21-15-23(17-7-5-4-6-8-17)30-22-12-10-18(29)14-20(21)22/h4-8,10,12,14-16H,3,9,11,13H2,1-2H3,(H,31,32). The maximum absolute atomic E-state index is 13.7. The molecule has 7 heteroatoms. The van der Waals surface area contributed by atoms with Gasteiger partial charge in [-0.05, 0) is 55.0 Å². The minimum absolute atomic E-state index is 0.312. The fourth-order valence-corrected chi connectivity index (χ4v) is 6.24. The van der Waals surface area contributed by atoms with Crippen molar-refractivity contribution < 1.29 is 14.3 Å². The smallest absolute Gasteiger partial charge is 0.341 e. The maximum Gasteiger partial charge on any atom is 0.341 e. The molecule has 178 valence electrons. The Hall–Kier alpha value is -3.22. The van der Waals surface area contributed by atoms with Gasteiger partial charge >= 0.3 is 5.97 Å². The minimum Gasteiger partial charge on any atom is -0.465 e. The van der Waals surface area contributed by atoms with Gasteiger partial charge in [0.15, 0.2) is 0 Å². The van der Waals surface area contributed by atoms with E-state index in [2.05, 4.69) is 12.2 Å². The third-order valence-electron chi connectivity index (χ3n) is 6.65. The van der Waals surface area contributed by atoms with Gasteiger partial charge in [0.25, 0.3) is 5.91 Å². The summed E-state index contributed by atoms with van der Waals surface area (Å²) >= 11 is 7.76. The third-order valence-corrected chi connectivity index (χ3v) is 8.05. The zero-order valence-electron chi connectivity index (χ0n) is 19.6. The van der Waals surface area contributed by atoms with E-state index in [0.717, 1.165) is 41.7 Å². The average Bonchev–Trinajstić information content (AvgIpc) is 3.24. The monoisotopic (exact) mass is 504 g/mol. The van der Waals surface area contributed by atoms with Gasteiger partial charge in [-0.25, -0.2) is 9.78 Å². The predicted octanol–water partition coefficient (Wildman–Crippen LogP) is 7.17. The van der Waals surface area contributed by atoms with Gasteiger partial charge < -0.3 is 10.1 Å². The molecule has 1 aliphatic carbocycles. The van der Waals surface area contributed by atoms with E-state index >= 15 is 0 Å². The second kappa shape index (κ2) is 9.80. The first-order valence-corrected chi connectivity index (χ1v) is 12.9. The normalized spacial score (nSPS) is 15.0. The Bertz CT molecular complexity index is 1430. The number of halogens is 1. The Balaban J connectivity index is 1.59. The predicted molar refractivity (Wildman–Crippen MR) is 142 cm³/mol. The van der Waals surface area contributed by atoms with Crippen LogP contribution in [0.5, 0.6) is 0 Å². The largest absolute Gasteiger partial charge is 0.465 e. The van der Waals surface area contributed by atoms with Crippen LogP contribution in [0.4, 0.5) is 5.00 Å². The first-order chi connectivity index (χ1) is 17.0. The molecule has 1 amide bonds. The van der Waals surface area contributed by atoms with Crippen LogP contribution in [-0.4, -0.2) is 24.0 Å². The molecule has 4 aromatic rings. The van der Waals surface area contributed by atoms with Crippen LogP contribution >= 0.6 is 22.9 Å². The van der Waals surface area contributed by atoms with Crippen LogP contribution in [0.15, 0.2) is 54.6 Å². The van der Waals surface area contributed by atoms with E-state index in [0.29, 0.717) is 43.7 Å². The number of methoxy groups -OCH3 is 1. The van der Waals surface area contributed by atoms with Gasteiger partial charge in [0.05, 0.1) is 29.4 Å². The lowest BCUT2D eigenvalue weighted by Crippen LogP contribution is -2.17. The molecular weight excluding hydrogens is 480 g/mol. The molecule has 2 aromatic heterocycles. The molecule has 0 spiro atoms. The molecule has 0 saturated carbocycles. The summed E-state index contributed by atoms with van der Waals surface area (Å²) in [7, 11) is 1.38. The summed E-state index contributed by atoms with van der Waals surface area (Å²) in [5.74, 6) is -0.136. The molecule has 5 nitrogen and oxygen atoms in total. The Labute approximate surface area is 213 Å². The van der Waals surface area contributed by atoms with E-state index < -0.39 is 5.97 Å². The van der Waals surface area contributed by atoms with Crippen molar-refractivity contribution >= 4 is 50.7 Å². The lowest BCUT2D eigenvalue weighted by molar-refractivity contribution is 0.0601. The first kappa shape index (κ1) is 23.5. The molecule has 1 aliphatic rings. The highest BCUT2D eigenvalue weighted by Crippen LogP contribution is 2.41. The number of nitrogens with zero attached hydrogens (tertiary/aromatic N) is 1. The highest BCUT2D eigenvalue weighted by molar-refractivity contribution is 7.17. The van der Waals surface area contributed by atoms with Crippen molar-refractivity contribution in [1.29, 1.82) is 0 Å². The van der Waals surface area contributed by atoms with Crippen molar-refractivity contribution in [2.75, 3.05) is 12.4 Å². The fourth-order valence-electron chi connectivity index (χ4n) is 4.72. The van der Waals surface area contributed by atoms with E-state index in [9.17, 15) is 9.59 Å². The molecule has 1 N–H and O–H groups in total. The van der Waals surface area contributed by atoms with Gasteiger partial charge in [0.1, 0.15) is 5.00 Å². The Morgan fingerprint density at radius 1 is 1.17 bits per heavy atom. The number of nitrogens with one attached hydrogen (secondary N) is 1. The van der Waals surface area contributed by atoms with E-state index in [1.54, 1.807) is 18.2 Å². The number of pyridine rings is 1. The van der Waals surface area contributed by atoms with Crippen molar-refractivity contribution in [3.63, 3.8) is 0 Å². The van der Waals surface area contributed by atoms with Crippen molar-refractivity contribution in [1.82, 2.24) is 4.98 Å². The number of hydrogen-bond acceptors (Lipinski definition) is 5. The van der Waals surface area contributed by atoms with Gasteiger partial charge in [-0.1, -0.05) is 55.3 Å². The van der Waals surface area contributed by atoms with Crippen LogP contribution < -0.4 is 5.32 Å². The summed E-state index contributed by atoms with van der Waals surface area (Å²) in [6, 6.07) is 16.8. The van der Waals surface area contributed by atoms with Crippen molar-refractivity contribution in [3.8, 4) is 11.3 Å². The molecule has 0 aliphatic heterocycles. The number of carbonyl (C=O) groups excluding carboxylic acids is 2. The number of aromatic nitrogens is 1. The quantitative estimate of drug-likeness (QED) is 0.292. The Morgan fingerprint density at radius 3 is 2.71 bits per heavy atom. The lowest BCUT2D eigenvalue weighted by Gasteiger charge is -2.20. The number of benzene rings is 2. The molecular formula is C28H25ClN2O3S. The number of rotatable bonds is 5. The van der Waals surface area contributed by atoms with Gasteiger partial charge in [-0.15, -0.1) is 11.3 Å². The van der Waals surface area contributed by atoms with Gasteiger partial charge in [0.2, 0.25) is 0 Å². The number of carbonyl (C=O) groups is 2. The molecule has 0 radical (unpaired) electrons. The molecule has 5 rings (SSSR count). The average molecular weight is 505 g/mol. The van der Waals surface area contributed by atoms with Crippen LogP contribution in [0.2, 0.25) is 5.02 Å². The minimum atomic E-state index is -0.416. The Morgan fingerprint density at radius 2 is 1.97 bits per heavy atom. The molecule has 0 fully saturated rings. The second-order valence-corrected chi connectivity index (χ2v) is 10.3. The number of amides is 1. The molecule has 2 aromatic carbocycles. The summed E-state index contributed by atoms with van der Waals surface area (Å²) in [5, 5.41) is 4.74. The topological polar surface area (TPSA) is 68.3 Å². The highest BCUT2D eigenvalue weighted by atomic mass is 35.5. The first-order valence-electron chi connectivity index (χ1n) is 11.7. The summed E-state index contributed by atoms with van der Waals surface area (Å²) in [4.78, 5) is 32.3. The van der Waals surface area contributed by atoms with Gasteiger partial charge in [-0.2, -0.15) is 0 Å². The van der Waals surface area contributed by atoms with Gasteiger partial charge in [-0.3, -0.25) is 4.79 Å². The van der Waals surface area contributed by atoms with Crippen LogP contribution in [0.1, 0.15) is 50.9 Å². The van der Waals surface area contributed by atoms with Crippen molar-refractivity contribution in [2.24, 2.45) is 5.92 Å². The molecule has 0 bridgehead atoms. The maximum atomic E-state index is 13.7. The summed E-state index contributed by atoms with van der Waals surface area (Å²) in [5.41, 5.74) is 4.21. The number of esters is 1. The summed E-state index contributed by atoms with van der Waals surface area (Å²) < 4.78 is 5.09. The molecule has 1 unspecified atom stereocenters. The summed E-state index contributed by atoms with van der Waals surface area (Å²) in [6.07, 6.45) is 3.86. The number of anilines is 1. The van der Waals surface area contributed by atoms with E-state index in [4.69, 9.17) is 21.3 Å². The van der Waals surface area contributed by atoms with Crippen molar-refractivity contribution in [2.45, 2.75) is 32.6 Å². The van der Waals surface area contributed by atoms with Gasteiger partial charge in [0, 0.05) is 20.8 Å².